The van der Waals surface area contributed by atoms with Gasteiger partial charge in [-0.1, -0.05) is 55.0 Å². The molecule has 1 N–H and O–H groups in total. The van der Waals surface area contributed by atoms with Gasteiger partial charge < -0.3 is 5.32 Å². The van der Waals surface area contributed by atoms with Crippen LogP contribution in [0.4, 0.5) is 0 Å². The van der Waals surface area contributed by atoms with E-state index in [0.29, 0.717) is 5.92 Å². The highest BCUT2D eigenvalue weighted by Crippen LogP contribution is 2.49. The number of rotatable bonds is 4. The number of hydrogen-bond acceptors (Lipinski definition) is 2. The number of nitrogens with one attached hydrogen (secondary N) is 1. The van der Waals surface area contributed by atoms with E-state index < -0.39 is 0 Å². The predicted molar refractivity (Wildman–Crippen MR) is 118 cm³/mol. The Labute approximate surface area is 172 Å². The monoisotopic (exact) mass is 384 g/mol. The molecule has 4 atom stereocenters. The van der Waals surface area contributed by atoms with Gasteiger partial charge in [0, 0.05) is 17.0 Å². The molecular weight excluding hydrogens is 356 g/mol. The van der Waals surface area contributed by atoms with Crippen LogP contribution in [-0.2, 0) is 0 Å². The summed E-state index contributed by atoms with van der Waals surface area (Å²) in [5.41, 5.74) is 4.53. The Hall–Kier alpha value is -2.68. The van der Waals surface area contributed by atoms with Crippen molar-refractivity contribution in [2.45, 2.75) is 45.6 Å². The highest BCUT2D eigenvalue weighted by Gasteiger charge is 2.42. The number of hydrogen-bond donors (Lipinski definition) is 1. The molecule has 2 aliphatic rings. The standard InChI is InChI=1S/C26H28N2O/c1-16-24(26(29)27-17(2)22-15-18-12-13-20(22)14-18)21-10-6-7-11-23(21)28-25(16)19-8-4-3-5-9-19/h3-11,17-18,20,22H,12-15H2,1-2H3,(H,27,29). The van der Waals surface area contributed by atoms with Crippen molar-refractivity contribution < 1.29 is 4.79 Å². The van der Waals surface area contributed by atoms with E-state index in [1.54, 1.807) is 0 Å². The Kier molecular flexibility index (Phi) is 4.61. The minimum absolute atomic E-state index is 0.0357. The minimum Gasteiger partial charge on any atom is -0.349 e. The molecule has 2 saturated carbocycles. The second kappa shape index (κ2) is 7.29. The third-order valence-electron chi connectivity index (χ3n) is 7.20. The quantitative estimate of drug-likeness (QED) is 0.621. The van der Waals surface area contributed by atoms with E-state index in [2.05, 4.69) is 24.4 Å². The van der Waals surface area contributed by atoms with E-state index in [9.17, 15) is 4.79 Å². The smallest absolute Gasteiger partial charge is 0.252 e. The summed E-state index contributed by atoms with van der Waals surface area (Å²) in [5.74, 6) is 2.34. The molecule has 1 aromatic heterocycles. The zero-order valence-electron chi connectivity index (χ0n) is 17.2. The lowest BCUT2D eigenvalue weighted by Gasteiger charge is -2.29. The number of nitrogens with zero attached hydrogens (tertiary/aromatic N) is 1. The molecule has 2 aliphatic carbocycles. The Morgan fingerprint density at radius 1 is 1.03 bits per heavy atom. The summed E-state index contributed by atoms with van der Waals surface area (Å²) in [4.78, 5) is 18.4. The maximum absolute atomic E-state index is 13.5. The van der Waals surface area contributed by atoms with Crippen molar-refractivity contribution in [3.63, 3.8) is 0 Å². The fourth-order valence-corrected chi connectivity index (χ4v) is 5.77. The summed E-state index contributed by atoms with van der Waals surface area (Å²) in [6.45, 7) is 4.22. The lowest BCUT2D eigenvalue weighted by atomic mass is 9.84. The van der Waals surface area contributed by atoms with Gasteiger partial charge in [0.25, 0.3) is 5.91 Å². The first-order valence-corrected chi connectivity index (χ1v) is 10.9. The second-order valence-corrected chi connectivity index (χ2v) is 8.94. The van der Waals surface area contributed by atoms with Gasteiger partial charge in [0.1, 0.15) is 0 Å². The highest BCUT2D eigenvalue weighted by molar-refractivity contribution is 6.09. The number of para-hydroxylation sites is 1. The van der Waals surface area contributed by atoms with Crippen molar-refractivity contribution in [2.24, 2.45) is 17.8 Å². The van der Waals surface area contributed by atoms with E-state index >= 15 is 0 Å². The molecule has 5 rings (SSSR count). The van der Waals surface area contributed by atoms with Crippen LogP contribution in [0.25, 0.3) is 22.2 Å². The lowest BCUT2D eigenvalue weighted by Crippen LogP contribution is -2.40. The van der Waals surface area contributed by atoms with Crippen molar-refractivity contribution in [3.8, 4) is 11.3 Å². The number of carbonyl (C=O) groups excluding carboxylic acids is 1. The van der Waals surface area contributed by atoms with E-state index in [1.165, 1.54) is 25.7 Å². The van der Waals surface area contributed by atoms with Crippen molar-refractivity contribution in [3.05, 3.63) is 65.7 Å². The number of carbonyl (C=O) groups is 1. The molecule has 2 fully saturated rings. The maximum atomic E-state index is 13.5. The van der Waals surface area contributed by atoms with E-state index in [-0.39, 0.29) is 11.9 Å². The van der Waals surface area contributed by atoms with Crippen LogP contribution in [0.15, 0.2) is 54.6 Å². The number of amides is 1. The number of pyridine rings is 1. The minimum atomic E-state index is 0.0357. The molecule has 2 bridgehead atoms. The molecule has 1 heterocycles. The van der Waals surface area contributed by atoms with Gasteiger partial charge in [0.05, 0.1) is 16.8 Å². The molecule has 1 amide bonds. The first-order valence-electron chi connectivity index (χ1n) is 10.9. The highest BCUT2D eigenvalue weighted by atomic mass is 16.1. The Morgan fingerprint density at radius 3 is 2.52 bits per heavy atom. The number of benzene rings is 2. The third kappa shape index (κ3) is 3.23. The van der Waals surface area contributed by atoms with Gasteiger partial charge >= 0.3 is 0 Å². The SMILES string of the molecule is Cc1c(-c2ccccc2)nc2ccccc2c1C(=O)NC(C)C1CC2CCC1C2. The average Bonchev–Trinajstić information content (AvgIpc) is 3.37. The normalized spacial score (nSPS) is 24.0. The van der Waals surface area contributed by atoms with Crippen LogP contribution < -0.4 is 5.32 Å². The number of fused-ring (bicyclic) bond motifs is 3. The molecule has 0 saturated heterocycles. The van der Waals surface area contributed by atoms with Crippen LogP contribution in [0.1, 0.15) is 48.5 Å². The predicted octanol–water partition coefficient (Wildman–Crippen LogP) is 5.76. The van der Waals surface area contributed by atoms with Crippen molar-refractivity contribution in [1.29, 1.82) is 0 Å². The summed E-state index contributed by atoms with van der Waals surface area (Å²) in [5, 5.41) is 4.30. The molecule has 2 aromatic carbocycles. The molecule has 29 heavy (non-hydrogen) atoms. The summed E-state index contributed by atoms with van der Waals surface area (Å²) in [6, 6.07) is 18.4. The van der Waals surface area contributed by atoms with Crippen LogP contribution in [0.3, 0.4) is 0 Å². The van der Waals surface area contributed by atoms with Gasteiger partial charge in [0.15, 0.2) is 0 Å². The zero-order chi connectivity index (χ0) is 20.0. The summed E-state index contributed by atoms with van der Waals surface area (Å²) in [6.07, 6.45) is 5.36. The molecule has 0 spiro atoms. The first kappa shape index (κ1) is 18.4. The van der Waals surface area contributed by atoms with E-state index in [0.717, 1.165) is 45.1 Å². The van der Waals surface area contributed by atoms with Crippen LogP contribution in [0.2, 0.25) is 0 Å². The second-order valence-electron chi connectivity index (χ2n) is 8.94. The fraction of sp³-hybridized carbons (Fsp3) is 0.385. The fourth-order valence-electron chi connectivity index (χ4n) is 5.77. The summed E-state index contributed by atoms with van der Waals surface area (Å²) >= 11 is 0. The van der Waals surface area contributed by atoms with Gasteiger partial charge in [0.2, 0.25) is 0 Å². The third-order valence-corrected chi connectivity index (χ3v) is 7.20. The molecule has 3 heteroatoms. The summed E-state index contributed by atoms with van der Waals surface area (Å²) < 4.78 is 0. The molecule has 0 aliphatic heterocycles. The maximum Gasteiger partial charge on any atom is 0.252 e. The van der Waals surface area contributed by atoms with Crippen molar-refractivity contribution >= 4 is 16.8 Å². The molecule has 3 nitrogen and oxygen atoms in total. The average molecular weight is 385 g/mol. The molecular formula is C26H28N2O. The van der Waals surface area contributed by atoms with E-state index in [4.69, 9.17) is 4.98 Å². The molecule has 4 unspecified atom stereocenters. The van der Waals surface area contributed by atoms with E-state index in [1.807, 2.05) is 49.4 Å². The Balaban J connectivity index is 1.53. The summed E-state index contributed by atoms with van der Waals surface area (Å²) in [7, 11) is 0. The van der Waals surface area contributed by atoms with Crippen molar-refractivity contribution in [1.82, 2.24) is 10.3 Å². The van der Waals surface area contributed by atoms with Gasteiger partial charge in [-0.3, -0.25) is 4.79 Å². The van der Waals surface area contributed by atoms with Crippen molar-refractivity contribution in [2.75, 3.05) is 0 Å². The van der Waals surface area contributed by atoms with Crippen LogP contribution in [0, 0.1) is 24.7 Å². The zero-order valence-corrected chi connectivity index (χ0v) is 17.2. The van der Waals surface area contributed by atoms with Gasteiger partial charge in [-0.2, -0.15) is 0 Å². The Morgan fingerprint density at radius 2 is 1.79 bits per heavy atom. The molecule has 148 valence electrons. The molecule has 0 radical (unpaired) electrons. The van der Waals surface area contributed by atoms with Gasteiger partial charge in [-0.05, 0) is 62.5 Å². The van der Waals surface area contributed by atoms with Crippen LogP contribution >= 0.6 is 0 Å². The Bertz CT molecular complexity index is 1060. The van der Waals surface area contributed by atoms with Gasteiger partial charge in [-0.25, -0.2) is 4.98 Å². The van der Waals surface area contributed by atoms with Gasteiger partial charge in [-0.15, -0.1) is 0 Å². The topological polar surface area (TPSA) is 42.0 Å². The first-order chi connectivity index (χ1) is 14.1. The lowest BCUT2D eigenvalue weighted by molar-refractivity contribution is 0.0916. The largest absolute Gasteiger partial charge is 0.349 e. The van der Waals surface area contributed by atoms with Crippen LogP contribution in [-0.4, -0.2) is 16.9 Å². The number of aromatic nitrogens is 1. The molecule has 3 aromatic rings. The van der Waals surface area contributed by atoms with Crippen LogP contribution in [0.5, 0.6) is 0 Å².